The van der Waals surface area contributed by atoms with E-state index in [1.54, 1.807) is 16.9 Å². The molecule has 6 nitrogen and oxygen atoms in total. The summed E-state index contributed by atoms with van der Waals surface area (Å²) in [6.45, 7) is 4.01. The molecular weight excluding hydrogens is 232 g/mol. The van der Waals surface area contributed by atoms with Gasteiger partial charge in [0.25, 0.3) is 0 Å². The van der Waals surface area contributed by atoms with Crippen LogP contribution in [0.2, 0.25) is 0 Å². The first-order valence-corrected chi connectivity index (χ1v) is 5.89. The molecule has 18 heavy (non-hydrogen) atoms. The topological polar surface area (TPSA) is 73.8 Å². The molecule has 0 amide bonds. The minimum absolute atomic E-state index is 0.112. The van der Waals surface area contributed by atoms with E-state index in [-0.39, 0.29) is 12.2 Å². The van der Waals surface area contributed by atoms with Crippen LogP contribution in [0, 0.1) is 5.92 Å². The van der Waals surface area contributed by atoms with Gasteiger partial charge in [-0.15, -0.1) is 0 Å². The zero-order chi connectivity index (χ0) is 13.1. The second-order valence-corrected chi connectivity index (χ2v) is 4.70. The first kappa shape index (κ1) is 12.5. The first-order valence-electron chi connectivity index (χ1n) is 5.89. The largest absolute Gasteiger partial charge is 0.338 e. The predicted octanol–water partition coefficient (Wildman–Crippen LogP) is 1.63. The predicted molar refractivity (Wildman–Crippen MR) is 64.7 cm³/mol. The highest BCUT2D eigenvalue weighted by molar-refractivity contribution is 5.80. The fourth-order valence-corrected chi connectivity index (χ4v) is 1.66. The second kappa shape index (κ2) is 5.12. The standard InChI is InChI=1S/C12H16N4O2/c1-8(2)6-9(17)7-11-13-12(15-18-11)10-4-5-16(3)14-10/h4-5,8H,6-7H2,1-3H3. The molecule has 2 heterocycles. The van der Waals surface area contributed by atoms with E-state index in [0.29, 0.717) is 29.7 Å². The molecule has 0 bridgehead atoms. The van der Waals surface area contributed by atoms with E-state index in [1.165, 1.54) is 0 Å². The van der Waals surface area contributed by atoms with Crippen LogP contribution in [-0.2, 0) is 18.3 Å². The van der Waals surface area contributed by atoms with Crippen LogP contribution in [-0.4, -0.2) is 25.7 Å². The third-order valence-corrected chi connectivity index (χ3v) is 2.40. The number of carbonyl (C=O) groups is 1. The van der Waals surface area contributed by atoms with Crippen molar-refractivity contribution < 1.29 is 9.32 Å². The van der Waals surface area contributed by atoms with Gasteiger partial charge in [0, 0.05) is 19.7 Å². The average Bonchev–Trinajstić information content (AvgIpc) is 2.85. The van der Waals surface area contributed by atoms with Crippen LogP contribution in [0.5, 0.6) is 0 Å². The molecule has 0 unspecified atom stereocenters. The van der Waals surface area contributed by atoms with E-state index in [9.17, 15) is 4.79 Å². The quantitative estimate of drug-likeness (QED) is 0.804. The first-order chi connectivity index (χ1) is 8.54. The minimum atomic E-state index is 0.112. The Morgan fingerprint density at radius 2 is 2.28 bits per heavy atom. The Kier molecular flexibility index (Phi) is 3.55. The molecule has 0 aliphatic heterocycles. The van der Waals surface area contributed by atoms with E-state index < -0.39 is 0 Å². The van der Waals surface area contributed by atoms with Crippen molar-refractivity contribution in [2.45, 2.75) is 26.7 Å². The van der Waals surface area contributed by atoms with Crippen molar-refractivity contribution in [1.29, 1.82) is 0 Å². The molecule has 0 radical (unpaired) electrons. The Labute approximate surface area is 105 Å². The van der Waals surface area contributed by atoms with Crippen LogP contribution in [0.25, 0.3) is 11.5 Å². The van der Waals surface area contributed by atoms with Crippen molar-refractivity contribution in [3.8, 4) is 11.5 Å². The van der Waals surface area contributed by atoms with Crippen molar-refractivity contribution >= 4 is 5.78 Å². The van der Waals surface area contributed by atoms with Gasteiger partial charge < -0.3 is 4.52 Å². The molecule has 0 atom stereocenters. The van der Waals surface area contributed by atoms with Gasteiger partial charge in [-0.1, -0.05) is 19.0 Å². The van der Waals surface area contributed by atoms with Crippen molar-refractivity contribution in [2.24, 2.45) is 13.0 Å². The fraction of sp³-hybridized carbons (Fsp3) is 0.500. The Balaban J connectivity index is 2.04. The van der Waals surface area contributed by atoms with Gasteiger partial charge >= 0.3 is 0 Å². The van der Waals surface area contributed by atoms with Crippen LogP contribution in [0.4, 0.5) is 0 Å². The molecule has 0 aliphatic carbocycles. The summed E-state index contributed by atoms with van der Waals surface area (Å²) >= 11 is 0. The summed E-state index contributed by atoms with van der Waals surface area (Å²) in [6, 6.07) is 1.80. The summed E-state index contributed by atoms with van der Waals surface area (Å²) in [7, 11) is 1.82. The van der Waals surface area contributed by atoms with Crippen LogP contribution in [0.1, 0.15) is 26.2 Å². The van der Waals surface area contributed by atoms with Crippen LogP contribution < -0.4 is 0 Å². The summed E-state index contributed by atoms with van der Waals surface area (Å²) in [4.78, 5) is 15.8. The maximum absolute atomic E-state index is 11.6. The van der Waals surface area contributed by atoms with E-state index >= 15 is 0 Å². The fourth-order valence-electron chi connectivity index (χ4n) is 1.66. The van der Waals surface area contributed by atoms with Gasteiger partial charge in [-0.05, 0) is 12.0 Å². The smallest absolute Gasteiger partial charge is 0.234 e. The molecule has 2 aromatic rings. The number of hydrogen-bond donors (Lipinski definition) is 0. The zero-order valence-corrected chi connectivity index (χ0v) is 10.8. The highest BCUT2D eigenvalue weighted by Crippen LogP contribution is 2.13. The summed E-state index contributed by atoms with van der Waals surface area (Å²) in [5, 5.41) is 7.99. The Hall–Kier alpha value is -1.98. The molecule has 0 fully saturated rings. The third kappa shape index (κ3) is 3.03. The number of carbonyl (C=O) groups excluding carboxylic acids is 1. The van der Waals surface area contributed by atoms with E-state index in [2.05, 4.69) is 15.2 Å². The van der Waals surface area contributed by atoms with Crippen molar-refractivity contribution in [3.05, 3.63) is 18.2 Å². The number of nitrogens with zero attached hydrogens (tertiary/aromatic N) is 4. The monoisotopic (exact) mass is 248 g/mol. The van der Waals surface area contributed by atoms with Gasteiger partial charge in [0.05, 0.1) is 6.42 Å². The summed E-state index contributed by atoms with van der Waals surface area (Å²) < 4.78 is 6.71. The van der Waals surface area contributed by atoms with Gasteiger partial charge in [-0.3, -0.25) is 9.48 Å². The lowest BCUT2D eigenvalue weighted by Gasteiger charge is -1.99. The highest BCUT2D eigenvalue weighted by atomic mass is 16.5. The van der Waals surface area contributed by atoms with Crippen molar-refractivity contribution in [3.63, 3.8) is 0 Å². The number of aryl methyl sites for hydroxylation is 1. The van der Waals surface area contributed by atoms with E-state index in [1.807, 2.05) is 20.9 Å². The summed E-state index contributed by atoms with van der Waals surface area (Å²) in [5.41, 5.74) is 0.642. The van der Waals surface area contributed by atoms with Gasteiger partial charge in [0.15, 0.2) is 0 Å². The van der Waals surface area contributed by atoms with Gasteiger partial charge in [0.2, 0.25) is 11.7 Å². The molecule has 0 saturated carbocycles. The summed E-state index contributed by atoms with van der Waals surface area (Å²) in [6.07, 6.45) is 2.52. The molecule has 96 valence electrons. The summed E-state index contributed by atoms with van der Waals surface area (Å²) in [5.74, 6) is 1.22. The lowest BCUT2D eigenvalue weighted by Crippen LogP contribution is -2.06. The lowest BCUT2D eigenvalue weighted by molar-refractivity contribution is -0.119. The maximum Gasteiger partial charge on any atom is 0.234 e. The van der Waals surface area contributed by atoms with Gasteiger partial charge in [-0.25, -0.2) is 0 Å². The third-order valence-electron chi connectivity index (χ3n) is 2.40. The maximum atomic E-state index is 11.6. The van der Waals surface area contributed by atoms with Crippen LogP contribution in [0.3, 0.4) is 0 Å². The SMILES string of the molecule is CC(C)CC(=O)Cc1nc(-c2ccn(C)n2)no1. The normalized spacial score (nSPS) is 11.1. The molecule has 0 N–H and O–H groups in total. The number of rotatable bonds is 5. The van der Waals surface area contributed by atoms with Crippen molar-refractivity contribution in [2.75, 3.05) is 0 Å². The van der Waals surface area contributed by atoms with Crippen LogP contribution >= 0.6 is 0 Å². The number of ketones is 1. The number of aromatic nitrogens is 4. The molecule has 0 spiro atoms. The zero-order valence-electron chi connectivity index (χ0n) is 10.8. The Morgan fingerprint density at radius 1 is 1.50 bits per heavy atom. The lowest BCUT2D eigenvalue weighted by atomic mass is 10.1. The van der Waals surface area contributed by atoms with Crippen LogP contribution in [0.15, 0.2) is 16.8 Å². The Bertz CT molecular complexity index is 542. The highest BCUT2D eigenvalue weighted by Gasteiger charge is 2.14. The average molecular weight is 248 g/mol. The number of Topliss-reactive ketones (excluding diaryl/α,β-unsaturated/α-hetero) is 1. The molecule has 0 aliphatic rings. The minimum Gasteiger partial charge on any atom is -0.338 e. The van der Waals surface area contributed by atoms with Crippen molar-refractivity contribution in [1.82, 2.24) is 19.9 Å². The molecular formula is C12H16N4O2. The molecule has 0 aromatic carbocycles. The number of hydrogen-bond acceptors (Lipinski definition) is 5. The Morgan fingerprint density at radius 3 is 2.89 bits per heavy atom. The molecule has 6 heteroatoms. The van der Waals surface area contributed by atoms with Gasteiger partial charge in [-0.2, -0.15) is 10.1 Å². The molecule has 2 aromatic heterocycles. The van der Waals surface area contributed by atoms with Gasteiger partial charge in [0.1, 0.15) is 11.5 Å². The molecule has 0 saturated heterocycles. The second-order valence-electron chi connectivity index (χ2n) is 4.70. The van der Waals surface area contributed by atoms with E-state index in [4.69, 9.17) is 4.52 Å². The molecule has 2 rings (SSSR count). The van der Waals surface area contributed by atoms with E-state index in [0.717, 1.165) is 0 Å².